The van der Waals surface area contributed by atoms with Crippen molar-refractivity contribution in [3.8, 4) is 6.19 Å². The number of thioether (sulfide) groups is 1. The van der Waals surface area contributed by atoms with Gasteiger partial charge in [-0.3, -0.25) is 5.32 Å². The predicted molar refractivity (Wildman–Crippen MR) is 89.4 cm³/mol. The summed E-state index contributed by atoms with van der Waals surface area (Å²) in [5.74, 6) is -0.957. The van der Waals surface area contributed by atoms with Crippen LogP contribution in [0.2, 0.25) is 0 Å². The maximum atomic E-state index is 12.7. The van der Waals surface area contributed by atoms with Crippen LogP contribution >= 0.6 is 11.8 Å². The molecular formula is C17H11F3N3O2S-. The van der Waals surface area contributed by atoms with E-state index in [1.165, 1.54) is 24.3 Å². The highest BCUT2D eigenvalue weighted by Gasteiger charge is 2.30. The van der Waals surface area contributed by atoms with Crippen LogP contribution in [0.1, 0.15) is 21.5 Å². The number of amidine groups is 1. The molecule has 0 spiro atoms. The van der Waals surface area contributed by atoms with Gasteiger partial charge in [0.25, 0.3) is 0 Å². The Morgan fingerprint density at radius 3 is 2.50 bits per heavy atom. The van der Waals surface area contributed by atoms with Gasteiger partial charge in [-0.15, -0.1) is 0 Å². The third-order valence-corrected chi connectivity index (χ3v) is 4.08. The molecule has 0 atom stereocenters. The van der Waals surface area contributed by atoms with Gasteiger partial charge in [0.15, 0.2) is 11.4 Å². The molecule has 2 aromatic rings. The highest BCUT2D eigenvalue weighted by molar-refractivity contribution is 8.13. The van der Waals surface area contributed by atoms with E-state index in [0.29, 0.717) is 5.75 Å². The number of nitrogens with one attached hydrogen (secondary N) is 1. The first-order valence-corrected chi connectivity index (χ1v) is 8.12. The van der Waals surface area contributed by atoms with Crippen LogP contribution in [0.4, 0.5) is 18.9 Å². The predicted octanol–water partition coefficient (Wildman–Crippen LogP) is 3.06. The Morgan fingerprint density at radius 1 is 1.23 bits per heavy atom. The molecule has 9 heteroatoms. The van der Waals surface area contributed by atoms with Gasteiger partial charge in [-0.1, -0.05) is 42.1 Å². The second-order valence-electron chi connectivity index (χ2n) is 4.97. The molecule has 5 nitrogen and oxygen atoms in total. The maximum Gasteiger partial charge on any atom is 0.416 e. The summed E-state index contributed by atoms with van der Waals surface area (Å²) in [5, 5.41) is 21.9. The zero-order valence-electron chi connectivity index (χ0n) is 13.1. The van der Waals surface area contributed by atoms with E-state index >= 15 is 0 Å². The van der Waals surface area contributed by atoms with Crippen molar-refractivity contribution < 1.29 is 23.1 Å². The number of halogens is 3. The van der Waals surface area contributed by atoms with E-state index < -0.39 is 17.7 Å². The fraction of sp³-hybridized carbons (Fsp3) is 0.118. The fourth-order valence-electron chi connectivity index (χ4n) is 1.90. The van der Waals surface area contributed by atoms with Crippen molar-refractivity contribution in [3.05, 3.63) is 65.2 Å². The molecule has 0 aliphatic rings. The minimum absolute atomic E-state index is 0.0340. The monoisotopic (exact) mass is 378 g/mol. The van der Waals surface area contributed by atoms with Crippen molar-refractivity contribution in [3.63, 3.8) is 0 Å². The smallest absolute Gasteiger partial charge is 0.416 e. The van der Waals surface area contributed by atoms with Crippen molar-refractivity contribution in [1.29, 1.82) is 5.26 Å². The average Bonchev–Trinajstić information content (AvgIpc) is 2.60. The van der Waals surface area contributed by atoms with Gasteiger partial charge < -0.3 is 9.90 Å². The van der Waals surface area contributed by atoms with Crippen molar-refractivity contribution in [2.75, 3.05) is 0 Å². The molecule has 2 aromatic carbocycles. The molecule has 0 radical (unpaired) electrons. The van der Waals surface area contributed by atoms with E-state index in [1.807, 2.05) is 0 Å². The number of nitriles is 1. The number of aromatic carboxylic acids is 1. The molecular weight excluding hydrogens is 367 g/mol. The zero-order chi connectivity index (χ0) is 19.2. The van der Waals surface area contributed by atoms with Crippen LogP contribution in [0, 0.1) is 11.5 Å². The lowest BCUT2D eigenvalue weighted by molar-refractivity contribution is -0.255. The molecule has 0 bridgehead atoms. The summed E-state index contributed by atoms with van der Waals surface area (Å²) >= 11 is 1.09. The molecule has 0 aliphatic carbocycles. The second kappa shape index (κ2) is 8.40. The lowest BCUT2D eigenvalue weighted by atomic mass is 10.1. The number of nitrogens with zero attached hydrogens (tertiary/aromatic N) is 2. The van der Waals surface area contributed by atoms with Gasteiger partial charge in [0.1, 0.15) is 0 Å². The van der Waals surface area contributed by atoms with Crippen LogP contribution < -0.4 is 10.4 Å². The molecule has 0 amide bonds. The minimum atomic E-state index is -4.48. The first kappa shape index (κ1) is 19.3. The summed E-state index contributed by atoms with van der Waals surface area (Å²) in [4.78, 5) is 14.7. The van der Waals surface area contributed by atoms with Gasteiger partial charge in [0.05, 0.1) is 17.2 Å². The van der Waals surface area contributed by atoms with E-state index in [1.54, 1.807) is 18.3 Å². The molecule has 0 fully saturated rings. The number of carbonyl (C=O) groups excluding carboxylic acids is 1. The number of benzene rings is 2. The summed E-state index contributed by atoms with van der Waals surface area (Å²) in [7, 11) is 0. The number of carboxylic acid groups (broad SMARTS) is 1. The molecule has 2 rings (SSSR count). The summed E-state index contributed by atoms with van der Waals surface area (Å²) in [6, 6.07) is 10.4. The van der Waals surface area contributed by atoms with Gasteiger partial charge in [0.2, 0.25) is 0 Å². The topological polar surface area (TPSA) is 88.3 Å². The Labute approximate surface area is 151 Å². The van der Waals surface area contributed by atoms with Crippen LogP contribution in [0.25, 0.3) is 0 Å². The molecule has 134 valence electrons. The second-order valence-corrected chi connectivity index (χ2v) is 5.94. The Bertz CT molecular complexity index is 859. The third kappa shape index (κ3) is 5.53. The quantitative estimate of drug-likeness (QED) is 0.382. The van der Waals surface area contributed by atoms with Crippen LogP contribution in [0.15, 0.2) is 53.5 Å². The Balaban J connectivity index is 2.14. The van der Waals surface area contributed by atoms with Gasteiger partial charge in [-0.25, -0.2) is 4.99 Å². The fourth-order valence-corrected chi connectivity index (χ4v) is 2.69. The number of hydrogen-bond acceptors (Lipinski definition) is 5. The summed E-state index contributed by atoms with van der Waals surface area (Å²) < 4.78 is 38.2. The van der Waals surface area contributed by atoms with E-state index in [9.17, 15) is 23.1 Å². The SMILES string of the molecule is N#CNC(=Nc1cccc(C(F)(F)F)c1)SCc1ccc(C(=O)[O-])cc1. The molecule has 0 saturated heterocycles. The number of carboxylic acids is 1. The van der Waals surface area contributed by atoms with Crippen LogP contribution in [-0.4, -0.2) is 11.1 Å². The molecule has 26 heavy (non-hydrogen) atoms. The number of hydrogen-bond donors (Lipinski definition) is 1. The normalized spacial score (nSPS) is 11.7. The molecule has 0 unspecified atom stereocenters. The van der Waals surface area contributed by atoms with Gasteiger partial charge in [-0.05, 0) is 29.3 Å². The number of rotatable bonds is 4. The average molecular weight is 378 g/mol. The number of aliphatic imine (C=N–C) groups is 1. The molecule has 1 N–H and O–H groups in total. The number of alkyl halides is 3. The standard InChI is InChI=1S/C17H12F3N3O2S/c18-17(19,20)13-2-1-3-14(8-13)23-16(22-10-21)26-9-11-4-6-12(7-5-11)15(24)25/h1-8H,9H2,(H,22,23)(H,24,25)/p-1. The van der Waals surface area contributed by atoms with Crippen LogP contribution in [-0.2, 0) is 11.9 Å². The third-order valence-electron chi connectivity index (χ3n) is 3.13. The van der Waals surface area contributed by atoms with Gasteiger partial charge in [0, 0.05) is 5.75 Å². The maximum absolute atomic E-state index is 12.7. The Kier molecular flexibility index (Phi) is 6.25. The molecule has 0 heterocycles. The van der Waals surface area contributed by atoms with Crippen molar-refractivity contribution >= 4 is 28.6 Å². The van der Waals surface area contributed by atoms with Gasteiger partial charge >= 0.3 is 6.18 Å². The van der Waals surface area contributed by atoms with Crippen molar-refractivity contribution in [2.45, 2.75) is 11.9 Å². The van der Waals surface area contributed by atoms with Crippen molar-refractivity contribution in [2.24, 2.45) is 4.99 Å². The highest BCUT2D eigenvalue weighted by atomic mass is 32.2. The lowest BCUT2D eigenvalue weighted by Gasteiger charge is -2.08. The Hall–Kier alpha value is -2.99. The largest absolute Gasteiger partial charge is 0.545 e. The molecule has 0 aliphatic heterocycles. The van der Waals surface area contributed by atoms with Crippen molar-refractivity contribution in [1.82, 2.24) is 5.32 Å². The first-order chi connectivity index (χ1) is 12.3. The number of carbonyl (C=O) groups is 1. The first-order valence-electron chi connectivity index (χ1n) is 7.14. The van der Waals surface area contributed by atoms with E-state index in [0.717, 1.165) is 29.5 Å². The van der Waals surface area contributed by atoms with Crippen LogP contribution in [0.5, 0.6) is 0 Å². The van der Waals surface area contributed by atoms with Crippen LogP contribution in [0.3, 0.4) is 0 Å². The van der Waals surface area contributed by atoms with E-state index in [4.69, 9.17) is 5.26 Å². The van der Waals surface area contributed by atoms with E-state index in [-0.39, 0.29) is 16.4 Å². The molecule has 0 saturated carbocycles. The van der Waals surface area contributed by atoms with E-state index in [2.05, 4.69) is 10.3 Å². The summed E-state index contributed by atoms with van der Waals surface area (Å²) in [5.41, 5.74) is -0.00135. The zero-order valence-corrected chi connectivity index (χ0v) is 13.9. The Morgan fingerprint density at radius 2 is 1.92 bits per heavy atom. The molecule has 0 aromatic heterocycles. The lowest BCUT2D eigenvalue weighted by Crippen LogP contribution is -2.22. The summed E-state index contributed by atoms with van der Waals surface area (Å²) in [6.45, 7) is 0. The van der Waals surface area contributed by atoms with Gasteiger partial charge in [-0.2, -0.15) is 18.4 Å². The highest BCUT2D eigenvalue weighted by Crippen LogP contribution is 2.31. The summed E-state index contributed by atoms with van der Waals surface area (Å²) in [6.07, 6.45) is -2.80. The minimum Gasteiger partial charge on any atom is -0.545 e.